The molecule has 1 heterocycles. The third-order valence-corrected chi connectivity index (χ3v) is 5.73. The van der Waals surface area contributed by atoms with E-state index >= 15 is 0 Å². The van der Waals surface area contributed by atoms with E-state index in [0.717, 1.165) is 0 Å². The monoisotopic (exact) mass is 483 g/mol. The van der Waals surface area contributed by atoms with Crippen molar-refractivity contribution in [2.45, 2.75) is 32.3 Å². The number of ether oxygens (including phenoxy) is 3. The maximum atomic E-state index is 13.8. The second kappa shape index (κ2) is 11.3. The first-order valence-corrected chi connectivity index (χ1v) is 11.2. The van der Waals surface area contributed by atoms with E-state index in [2.05, 4.69) is 4.98 Å². The highest BCUT2D eigenvalue weighted by Gasteiger charge is 2.27. The fourth-order valence-electron chi connectivity index (χ4n) is 3.66. The molecule has 0 fully saturated rings. The van der Waals surface area contributed by atoms with E-state index in [1.54, 1.807) is 56.3 Å². The molecular formula is C27H30FNO6. The number of aromatic nitrogens is 1. The van der Waals surface area contributed by atoms with Crippen molar-refractivity contribution < 1.29 is 33.6 Å². The van der Waals surface area contributed by atoms with Crippen LogP contribution in [0, 0.1) is 12.7 Å². The van der Waals surface area contributed by atoms with Crippen molar-refractivity contribution in [2.24, 2.45) is 0 Å². The number of aliphatic hydroxyl groups excluding tert-OH is 1. The summed E-state index contributed by atoms with van der Waals surface area (Å²) in [5, 5.41) is 20.1. The van der Waals surface area contributed by atoms with Crippen LogP contribution in [0.4, 0.5) is 4.39 Å². The Morgan fingerprint density at radius 1 is 1.03 bits per heavy atom. The lowest BCUT2D eigenvalue weighted by Crippen LogP contribution is -2.24. The fraction of sp³-hybridized carbons (Fsp3) is 0.333. The highest BCUT2D eigenvalue weighted by Crippen LogP contribution is 2.34. The van der Waals surface area contributed by atoms with Crippen LogP contribution in [0.3, 0.4) is 0 Å². The molecule has 0 amide bonds. The number of hydrogen-bond donors (Lipinski definition) is 2. The van der Waals surface area contributed by atoms with E-state index in [1.807, 2.05) is 0 Å². The van der Waals surface area contributed by atoms with Crippen molar-refractivity contribution in [1.82, 2.24) is 4.98 Å². The molecule has 8 heteroatoms. The number of pyridine rings is 1. The van der Waals surface area contributed by atoms with Gasteiger partial charge in [-0.1, -0.05) is 0 Å². The quantitative estimate of drug-likeness (QED) is 0.389. The number of ketones is 1. The van der Waals surface area contributed by atoms with Crippen molar-refractivity contribution >= 4 is 5.78 Å². The van der Waals surface area contributed by atoms with Crippen LogP contribution < -0.4 is 14.2 Å². The van der Waals surface area contributed by atoms with Gasteiger partial charge < -0.3 is 24.4 Å². The topological polar surface area (TPSA) is 98.1 Å². The van der Waals surface area contributed by atoms with Crippen molar-refractivity contribution in [1.29, 1.82) is 0 Å². The molecule has 0 aliphatic heterocycles. The van der Waals surface area contributed by atoms with Gasteiger partial charge in [-0.25, -0.2) is 9.37 Å². The standard InChI is InChI=1S/C27H30FNO6/c1-17-15-19(5-7-20(17)28)26-23(33-3)9-10-25(29-26)27(2,32)12-11-21(31)18-6-8-22(35-14-13-30)24(16-18)34-4/h5-10,15-16,30,32H,11-14H2,1-4H3. The van der Waals surface area contributed by atoms with Gasteiger partial charge in [0.1, 0.15) is 29.5 Å². The summed E-state index contributed by atoms with van der Waals surface area (Å²) in [7, 11) is 2.98. The third kappa shape index (κ3) is 6.15. The maximum absolute atomic E-state index is 13.8. The molecule has 35 heavy (non-hydrogen) atoms. The smallest absolute Gasteiger partial charge is 0.163 e. The van der Waals surface area contributed by atoms with Gasteiger partial charge in [0.15, 0.2) is 17.3 Å². The number of carbonyl (C=O) groups is 1. The van der Waals surface area contributed by atoms with Crippen LogP contribution in [0.2, 0.25) is 0 Å². The number of carbonyl (C=O) groups excluding carboxylic acids is 1. The van der Waals surface area contributed by atoms with E-state index in [-0.39, 0.29) is 37.7 Å². The van der Waals surface area contributed by atoms with Gasteiger partial charge in [0.25, 0.3) is 0 Å². The van der Waals surface area contributed by atoms with Gasteiger partial charge >= 0.3 is 0 Å². The number of hydrogen-bond acceptors (Lipinski definition) is 7. The molecule has 0 bridgehead atoms. The Kier molecular flexibility index (Phi) is 8.43. The maximum Gasteiger partial charge on any atom is 0.163 e. The normalized spacial score (nSPS) is 12.7. The number of Topliss-reactive ketones (excluding diaryl/α,β-unsaturated/α-hetero) is 1. The highest BCUT2D eigenvalue weighted by atomic mass is 19.1. The zero-order valence-electron chi connectivity index (χ0n) is 20.3. The Balaban J connectivity index is 1.80. The Morgan fingerprint density at radius 3 is 2.40 bits per heavy atom. The van der Waals surface area contributed by atoms with Crippen molar-refractivity contribution in [3.05, 3.63) is 71.2 Å². The average Bonchev–Trinajstić information content (AvgIpc) is 2.87. The summed E-state index contributed by atoms with van der Waals surface area (Å²) >= 11 is 0. The van der Waals surface area contributed by atoms with Gasteiger partial charge in [0.05, 0.1) is 26.5 Å². The summed E-state index contributed by atoms with van der Waals surface area (Å²) < 4.78 is 29.9. The molecule has 1 unspecified atom stereocenters. The van der Waals surface area contributed by atoms with Gasteiger partial charge in [-0.05, 0) is 74.4 Å². The first kappa shape index (κ1) is 26.1. The van der Waals surface area contributed by atoms with Gasteiger partial charge in [0, 0.05) is 17.5 Å². The second-order valence-corrected chi connectivity index (χ2v) is 8.35. The number of halogens is 1. The van der Waals surface area contributed by atoms with Gasteiger partial charge in [-0.15, -0.1) is 0 Å². The molecule has 0 radical (unpaired) electrons. The van der Waals surface area contributed by atoms with Crippen molar-refractivity contribution in [3.63, 3.8) is 0 Å². The van der Waals surface area contributed by atoms with Crippen molar-refractivity contribution in [2.75, 3.05) is 27.4 Å². The Morgan fingerprint density at radius 2 is 1.74 bits per heavy atom. The lowest BCUT2D eigenvalue weighted by molar-refractivity contribution is 0.0397. The predicted molar refractivity (Wildman–Crippen MR) is 130 cm³/mol. The van der Waals surface area contributed by atoms with Crippen molar-refractivity contribution in [3.8, 4) is 28.5 Å². The lowest BCUT2D eigenvalue weighted by Gasteiger charge is -2.24. The minimum Gasteiger partial charge on any atom is -0.494 e. The van der Waals surface area contributed by atoms with Gasteiger partial charge in [-0.3, -0.25) is 4.79 Å². The van der Waals surface area contributed by atoms with Gasteiger partial charge in [0.2, 0.25) is 0 Å². The Labute approximate surface area is 204 Å². The molecule has 186 valence electrons. The number of benzene rings is 2. The zero-order valence-corrected chi connectivity index (χ0v) is 20.3. The molecule has 3 aromatic rings. The van der Waals surface area contributed by atoms with E-state index in [4.69, 9.17) is 19.3 Å². The van der Waals surface area contributed by atoms with Crippen LogP contribution >= 0.6 is 0 Å². The molecule has 0 aliphatic carbocycles. The molecule has 1 aromatic heterocycles. The van der Waals surface area contributed by atoms with Crippen LogP contribution in [0.5, 0.6) is 17.2 Å². The molecule has 0 aliphatic rings. The summed E-state index contributed by atoms with van der Waals surface area (Å²) in [5.74, 6) is 0.796. The largest absolute Gasteiger partial charge is 0.494 e. The third-order valence-electron chi connectivity index (χ3n) is 5.73. The van der Waals surface area contributed by atoms with Gasteiger partial charge in [-0.2, -0.15) is 0 Å². The Bertz CT molecular complexity index is 1190. The fourth-order valence-corrected chi connectivity index (χ4v) is 3.66. The van der Waals surface area contributed by atoms with E-state index in [0.29, 0.717) is 45.3 Å². The van der Waals surface area contributed by atoms with Crippen LogP contribution in [-0.4, -0.2) is 48.4 Å². The molecule has 0 saturated heterocycles. The molecule has 3 rings (SSSR count). The average molecular weight is 484 g/mol. The number of aryl methyl sites for hydroxylation is 1. The molecule has 1 atom stereocenters. The number of nitrogens with zero attached hydrogens (tertiary/aromatic N) is 1. The van der Waals surface area contributed by atoms with Crippen LogP contribution in [0.15, 0.2) is 48.5 Å². The summed E-state index contributed by atoms with van der Waals surface area (Å²) in [6.45, 7) is 3.24. The first-order chi connectivity index (χ1) is 16.7. The molecule has 0 saturated carbocycles. The van der Waals surface area contributed by atoms with Crippen LogP contribution in [0.25, 0.3) is 11.3 Å². The first-order valence-electron chi connectivity index (χ1n) is 11.2. The minimum atomic E-state index is -1.40. The SMILES string of the molecule is COc1cc(C(=O)CCC(C)(O)c2ccc(OC)c(-c3ccc(F)c(C)c3)n2)ccc1OCCO. The predicted octanol–water partition coefficient (Wildman–Crippen LogP) is 4.46. The summed E-state index contributed by atoms with van der Waals surface area (Å²) in [5.41, 5.74) is 0.984. The second-order valence-electron chi connectivity index (χ2n) is 8.35. The molecule has 0 spiro atoms. The lowest BCUT2D eigenvalue weighted by atomic mass is 9.92. The molecule has 2 aromatic carbocycles. The molecule has 7 nitrogen and oxygen atoms in total. The molecule has 2 N–H and O–H groups in total. The minimum absolute atomic E-state index is 0.0612. The highest BCUT2D eigenvalue weighted by molar-refractivity contribution is 5.96. The summed E-state index contributed by atoms with van der Waals surface area (Å²) in [4.78, 5) is 17.5. The van der Waals surface area contributed by atoms with E-state index < -0.39 is 5.60 Å². The van der Waals surface area contributed by atoms with E-state index in [1.165, 1.54) is 20.3 Å². The Hall–Kier alpha value is -3.49. The summed E-state index contributed by atoms with van der Waals surface area (Å²) in [6.07, 6.45) is 0.184. The van der Waals surface area contributed by atoms with E-state index in [9.17, 15) is 14.3 Å². The summed E-state index contributed by atoms with van der Waals surface area (Å²) in [6, 6.07) is 12.8. The van der Waals surface area contributed by atoms with Crippen LogP contribution in [-0.2, 0) is 5.60 Å². The number of rotatable bonds is 11. The molecular weight excluding hydrogens is 453 g/mol. The number of aliphatic hydroxyl groups is 2. The zero-order chi connectivity index (χ0) is 25.6. The number of methoxy groups -OCH3 is 2. The van der Waals surface area contributed by atoms with Crippen LogP contribution in [0.1, 0.15) is 41.4 Å².